The van der Waals surface area contributed by atoms with Crippen molar-refractivity contribution in [3.63, 3.8) is 0 Å². The van der Waals surface area contributed by atoms with Gasteiger partial charge in [0.1, 0.15) is 22.4 Å². The van der Waals surface area contributed by atoms with Crippen molar-refractivity contribution < 1.29 is 0 Å². The van der Waals surface area contributed by atoms with Gasteiger partial charge >= 0.3 is 0 Å². The molecule has 1 heterocycles. The fourth-order valence-electron chi connectivity index (χ4n) is 1.97. The predicted octanol–water partition coefficient (Wildman–Crippen LogP) is 4.39. The van der Waals surface area contributed by atoms with Crippen LogP contribution in [0.2, 0.25) is 0 Å². The van der Waals surface area contributed by atoms with Crippen LogP contribution in [0.3, 0.4) is 0 Å². The Morgan fingerprint density at radius 2 is 1.75 bits per heavy atom. The molecular formula is C14H25BrN4S. The van der Waals surface area contributed by atoms with Gasteiger partial charge in [0.2, 0.25) is 0 Å². The molecule has 1 aromatic heterocycles. The van der Waals surface area contributed by atoms with Crippen LogP contribution in [0.4, 0.5) is 11.6 Å². The summed E-state index contributed by atoms with van der Waals surface area (Å²) >= 11 is 5.51. The van der Waals surface area contributed by atoms with E-state index in [4.69, 9.17) is 0 Å². The van der Waals surface area contributed by atoms with Crippen LogP contribution in [0.5, 0.6) is 0 Å². The minimum Gasteiger partial charge on any atom is -0.369 e. The first-order chi connectivity index (χ1) is 9.62. The Balaban J connectivity index is 2.77. The Bertz CT molecular complexity index is 402. The molecule has 6 heteroatoms. The molecule has 114 valence electrons. The van der Waals surface area contributed by atoms with Gasteiger partial charge in [-0.1, -0.05) is 20.8 Å². The van der Waals surface area contributed by atoms with Crippen molar-refractivity contribution in [1.82, 2.24) is 9.97 Å². The summed E-state index contributed by atoms with van der Waals surface area (Å²) < 4.78 is 1.18. The molecule has 0 saturated carbocycles. The fourth-order valence-corrected chi connectivity index (χ4v) is 3.24. The van der Waals surface area contributed by atoms with Gasteiger partial charge in [-0.05, 0) is 41.4 Å². The molecule has 0 radical (unpaired) electrons. The minimum atomic E-state index is 0.265. The van der Waals surface area contributed by atoms with Gasteiger partial charge in [0.05, 0.1) is 0 Å². The van der Waals surface area contributed by atoms with Gasteiger partial charge in [-0.3, -0.25) is 0 Å². The molecule has 4 nitrogen and oxygen atoms in total. The van der Waals surface area contributed by atoms with E-state index in [-0.39, 0.29) is 4.75 Å². The molecule has 0 aliphatic carbocycles. The zero-order valence-electron chi connectivity index (χ0n) is 12.8. The first-order valence-corrected chi connectivity index (χ1v) is 9.17. The third kappa shape index (κ3) is 4.52. The average Bonchev–Trinajstić information content (AvgIpc) is 2.49. The average molecular weight is 361 g/mol. The summed E-state index contributed by atoms with van der Waals surface area (Å²) in [6.07, 6.45) is 7.13. The zero-order chi connectivity index (χ0) is 15.0. The molecule has 0 fully saturated rings. The van der Waals surface area contributed by atoms with Gasteiger partial charge < -0.3 is 10.6 Å². The van der Waals surface area contributed by atoms with Crippen molar-refractivity contribution in [3.8, 4) is 0 Å². The number of thioether (sulfide) groups is 1. The second kappa shape index (κ2) is 8.72. The summed E-state index contributed by atoms with van der Waals surface area (Å²) in [5.74, 6) is 1.71. The third-order valence-electron chi connectivity index (χ3n) is 3.63. The molecular weight excluding hydrogens is 336 g/mol. The predicted molar refractivity (Wildman–Crippen MR) is 93.8 cm³/mol. The van der Waals surface area contributed by atoms with Crippen LogP contribution in [0.15, 0.2) is 10.8 Å². The highest BCUT2D eigenvalue weighted by atomic mass is 79.9. The van der Waals surface area contributed by atoms with E-state index in [1.54, 1.807) is 6.33 Å². The van der Waals surface area contributed by atoms with Gasteiger partial charge in [0.25, 0.3) is 0 Å². The molecule has 0 aliphatic rings. The monoisotopic (exact) mass is 360 g/mol. The molecule has 2 N–H and O–H groups in total. The van der Waals surface area contributed by atoms with Crippen molar-refractivity contribution >= 4 is 39.3 Å². The second-order valence-electron chi connectivity index (χ2n) is 4.76. The lowest BCUT2D eigenvalue weighted by atomic mass is 10.0. The smallest absolute Gasteiger partial charge is 0.145 e. The van der Waals surface area contributed by atoms with Gasteiger partial charge in [-0.2, -0.15) is 11.8 Å². The van der Waals surface area contributed by atoms with Crippen molar-refractivity contribution in [2.45, 2.75) is 44.8 Å². The molecule has 0 aliphatic heterocycles. The van der Waals surface area contributed by atoms with Gasteiger partial charge in [0, 0.05) is 17.8 Å². The summed E-state index contributed by atoms with van der Waals surface area (Å²) in [5, 5.41) is 6.76. The third-order valence-corrected chi connectivity index (χ3v) is 5.97. The van der Waals surface area contributed by atoms with E-state index in [0.717, 1.165) is 48.5 Å². The maximum Gasteiger partial charge on any atom is 0.145 e. The van der Waals surface area contributed by atoms with E-state index in [2.05, 4.69) is 63.6 Å². The Kier molecular flexibility index (Phi) is 7.66. The number of nitrogens with zero attached hydrogens (tertiary/aromatic N) is 2. The van der Waals surface area contributed by atoms with Gasteiger partial charge in [-0.25, -0.2) is 9.97 Å². The standard InChI is InChI=1S/C14H25BrN4S/c1-5-8-16-12-11(15)13(19-10-18-12)17-9-14(6-2,7-3)20-4/h10H,5-9H2,1-4H3,(H2,16,17,18,19). The molecule has 1 rings (SSSR count). The number of nitrogens with one attached hydrogen (secondary N) is 2. The maximum absolute atomic E-state index is 4.33. The number of anilines is 2. The zero-order valence-corrected chi connectivity index (χ0v) is 15.2. The number of aromatic nitrogens is 2. The van der Waals surface area contributed by atoms with Gasteiger partial charge in [0.15, 0.2) is 0 Å². The Labute approximate surface area is 135 Å². The molecule has 0 bridgehead atoms. The van der Waals surface area contributed by atoms with Crippen LogP contribution in [0.1, 0.15) is 40.0 Å². The molecule has 0 atom stereocenters. The quantitative estimate of drug-likeness (QED) is 0.683. The van der Waals surface area contributed by atoms with Crippen molar-refractivity contribution in [3.05, 3.63) is 10.8 Å². The van der Waals surface area contributed by atoms with E-state index >= 15 is 0 Å². The fraction of sp³-hybridized carbons (Fsp3) is 0.714. The van der Waals surface area contributed by atoms with Crippen molar-refractivity contribution in [1.29, 1.82) is 0 Å². The van der Waals surface area contributed by atoms with Crippen LogP contribution in [-0.2, 0) is 0 Å². The summed E-state index contributed by atoms with van der Waals surface area (Å²) in [7, 11) is 0. The largest absolute Gasteiger partial charge is 0.369 e. The van der Waals surface area contributed by atoms with E-state index in [0.29, 0.717) is 0 Å². The van der Waals surface area contributed by atoms with Crippen LogP contribution in [0.25, 0.3) is 0 Å². The SMILES string of the molecule is CCCNc1ncnc(NCC(CC)(CC)SC)c1Br. The van der Waals surface area contributed by atoms with Crippen LogP contribution >= 0.6 is 27.7 Å². The summed E-state index contributed by atoms with van der Waals surface area (Å²) in [6, 6.07) is 0. The van der Waals surface area contributed by atoms with Crippen LogP contribution in [0, 0.1) is 0 Å². The highest BCUT2D eigenvalue weighted by Crippen LogP contribution is 2.32. The lowest BCUT2D eigenvalue weighted by Gasteiger charge is -2.30. The minimum absolute atomic E-state index is 0.265. The van der Waals surface area contributed by atoms with E-state index in [9.17, 15) is 0 Å². The topological polar surface area (TPSA) is 49.8 Å². The number of halogens is 1. The lowest BCUT2D eigenvalue weighted by molar-refractivity contribution is 0.573. The van der Waals surface area contributed by atoms with E-state index in [1.165, 1.54) is 0 Å². The Hall–Kier alpha value is -0.490. The molecule has 20 heavy (non-hydrogen) atoms. The summed E-state index contributed by atoms with van der Waals surface area (Å²) in [6.45, 7) is 8.43. The number of hydrogen-bond donors (Lipinski definition) is 2. The van der Waals surface area contributed by atoms with Crippen molar-refractivity contribution in [2.24, 2.45) is 0 Å². The number of rotatable bonds is 9. The highest BCUT2D eigenvalue weighted by molar-refractivity contribution is 9.10. The molecule has 1 aromatic rings. The normalized spacial score (nSPS) is 11.4. The van der Waals surface area contributed by atoms with E-state index in [1.807, 2.05) is 11.8 Å². The van der Waals surface area contributed by atoms with Crippen LogP contribution < -0.4 is 10.6 Å². The molecule has 0 unspecified atom stereocenters. The van der Waals surface area contributed by atoms with E-state index < -0.39 is 0 Å². The first kappa shape index (κ1) is 17.6. The molecule has 0 amide bonds. The Morgan fingerprint density at radius 1 is 1.15 bits per heavy atom. The van der Waals surface area contributed by atoms with Crippen LogP contribution in [-0.4, -0.2) is 34.1 Å². The summed E-state index contributed by atoms with van der Waals surface area (Å²) in [4.78, 5) is 8.60. The Morgan fingerprint density at radius 3 is 2.25 bits per heavy atom. The lowest BCUT2D eigenvalue weighted by Crippen LogP contribution is -2.32. The molecule has 0 spiro atoms. The number of hydrogen-bond acceptors (Lipinski definition) is 5. The molecule has 0 saturated heterocycles. The maximum atomic E-state index is 4.33. The first-order valence-electron chi connectivity index (χ1n) is 7.15. The second-order valence-corrected chi connectivity index (χ2v) is 6.83. The van der Waals surface area contributed by atoms with Crippen molar-refractivity contribution in [2.75, 3.05) is 30.0 Å². The summed E-state index contributed by atoms with van der Waals surface area (Å²) in [5.41, 5.74) is 0. The van der Waals surface area contributed by atoms with Gasteiger partial charge in [-0.15, -0.1) is 0 Å². The molecule has 0 aromatic carbocycles. The highest BCUT2D eigenvalue weighted by Gasteiger charge is 2.25.